The third kappa shape index (κ3) is 2.56. The summed E-state index contributed by atoms with van der Waals surface area (Å²) >= 11 is 0. The minimum Gasteiger partial charge on any atom is -0.496 e. The van der Waals surface area contributed by atoms with Crippen LogP contribution < -0.4 is 5.32 Å². The molecular weight excluding hydrogens is 228 g/mol. The van der Waals surface area contributed by atoms with Gasteiger partial charge in [-0.25, -0.2) is 0 Å². The third-order valence-electron chi connectivity index (χ3n) is 4.38. The van der Waals surface area contributed by atoms with Crippen LogP contribution in [0.3, 0.4) is 0 Å². The lowest BCUT2D eigenvalue weighted by Crippen LogP contribution is -2.61. The predicted octanol–water partition coefficient (Wildman–Crippen LogP) is 1.38. The second-order valence-corrected chi connectivity index (χ2v) is 5.28. The van der Waals surface area contributed by atoms with Crippen LogP contribution in [0.15, 0.2) is 11.8 Å². The average Bonchev–Trinajstić information content (AvgIpc) is 2.94. The molecule has 0 aliphatic carbocycles. The van der Waals surface area contributed by atoms with Gasteiger partial charge in [-0.3, -0.25) is 4.90 Å². The number of morpholine rings is 1. The van der Waals surface area contributed by atoms with Crippen molar-refractivity contribution < 1.29 is 9.47 Å². The second kappa shape index (κ2) is 6.04. The van der Waals surface area contributed by atoms with Crippen molar-refractivity contribution in [2.75, 3.05) is 40.0 Å². The zero-order valence-electron chi connectivity index (χ0n) is 11.9. The van der Waals surface area contributed by atoms with E-state index in [9.17, 15) is 0 Å². The molecule has 2 aliphatic rings. The van der Waals surface area contributed by atoms with Crippen LogP contribution in [0.2, 0.25) is 0 Å². The Labute approximate surface area is 110 Å². The maximum absolute atomic E-state index is 5.79. The molecule has 2 aliphatic heterocycles. The van der Waals surface area contributed by atoms with Crippen molar-refractivity contribution in [1.82, 2.24) is 10.2 Å². The number of hydrogen-bond donors (Lipinski definition) is 1. The maximum Gasteiger partial charge on any atom is 0.111 e. The van der Waals surface area contributed by atoms with Crippen LogP contribution >= 0.6 is 0 Å². The molecule has 0 saturated carbocycles. The highest BCUT2D eigenvalue weighted by atomic mass is 16.5. The summed E-state index contributed by atoms with van der Waals surface area (Å²) in [4.78, 5) is 2.54. The lowest BCUT2D eigenvalue weighted by Gasteiger charge is -2.47. The van der Waals surface area contributed by atoms with Gasteiger partial charge in [0.15, 0.2) is 0 Å². The summed E-state index contributed by atoms with van der Waals surface area (Å²) in [6, 6.07) is 0.267. The first-order valence-electron chi connectivity index (χ1n) is 7.05. The Hall–Kier alpha value is -0.580. The number of nitrogens with zero attached hydrogens (tertiary/aromatic N) is 1. The first kappa shape index (κ1) is 13.8. The van der Waals surface area contributed by atoms with Crippen molar-refractivity contribution in [1.29, 1.82) is 0 Å². The Bertz CT molecular complexity index is 300. The molecule has 2 heterocycles. The van der Waals surface area contributed by atoms with Gasteiger partial charge in [0, 0.05) is 25.0 Å². The fraction of sp³-hybridized carbons (Fsp3) is 0.857. The summed E-state index contributed by atoms with van der Waals surface area (Å²) in [6.07, 6.45) is 4.37. The van der Waals surface area contributed by atoms with Gasteiger partial charge in [-0.1, -0.05) is 6.92 Å². The maximum atomic E-state index is 5.79. The van der Waals surface area contributed by atoms with Crippen LogP contribution in [0.1, 0.15) is 26.7 Å². The largest absolute Gasteiger partial charge is 0.496 e. The van der Waals surface area contributed by atoms with Crippen LogP contribution in [0, 0.1) is 0 Å². The van der Waals surface area contributed by atoms with Crippen molar-refractivity contribution in [3.63, 3.8) is 0 Å². The molecule has 4 nitrogen and oxygen atoms in total. The molecule has 0 spiro atoms. The molecule has 1 N–H and O–H groups in total. The molecule has 0 radical (unpaired) electrons. The average molecular weight is 254 g/mol. The van der Waals surface area contributed by atoms with Gasteiger partial charge in [-0.05, 0) is 26.5 Å². The fourth-order valence-electron chi connectivity index (χ4n) is 3.08. The Kier molecular flexibility index (Phi) is 4.65. The minimum atomic E-state index is 0.0920. The van der Waals surface area contributed by atoms with Gasteiger partial charge in [0.05, 0.1) is 25.9 Å². The van der Waals surface area contributed by atoms with Crippen LogP contribution in [0.25, 0.3) is 0 Å². The quantitative estimate of drug-likeness (QED) is 0.803. The summed E-state index contributed by atoms with van der Waals surface area (Å²) in [7, 11) is 2.03. The minimum absolute atomic E-state index is 0.0920. The first-order valence-corrected chi connectivity index (χ1v) is 7.05. The van der Waals surface area contributed by atoms with Crippen molar-refractivity contribution >= 4 is 0 Å². The number of likely N-dealkylation sites (N-methyl/N-ethyl adjacent to an activating group) is 1. The zero-order valence-corrected chi connectivity index (χ0v) is 11.9. The number of nitrogens with one attached hydrogen (secondary N) is 1. The molecule has 0 aromatic carbocycles. The third-order valence-corrected chi connectivity index (χ3v) is 4.38. The van der Waals surface area contributed by atoms with E-state index in [-0.39, 0.29) is 11.6 Å². The van der Waals surface area contributed by atoms with Gasteiger partial charge in [0.25, 0.3) is 0 Å². The lowest BCUT2D eigenvalue weighted by molar-refractivity contribution is -0.0327. The van der Waals surface area contributed by atoms with Crippen molar-refractivity contribution in [2.24, 2.45) is 0 Å². The van der Waals surface area contributed by atoms with Gasteiger partial charge < -0.3 is 14.8 Å². The van der Waals surface area contributed by atoms with E-state index in [0.29, 0.717) is 0 Å². The van der Waals surface area contributed by atoms with E-state index in [0.717, 1.165) is 51.5 Å². The van der Waals surface area contributed by atoms with E-state index in [4.69, 9.17) is 9.47 Å². The second-order valence-electron chi connectivity index (χ2n) is 5.28. The van der Waals surface area contributed by atoms with E-state index >= 15 is 0 Å². The van der Waals surface area contributed by atoms with Gasteiger partial charge in [-0.2, -0.15) is 0 Å². The Balaban J connectivity index is 2.16. The molecule has 2 rings (SSSR count). The van der Waals surface area contributed by atoms with Gasteiger partial charge in [0.1, 0.15) is 5.76 Å². The molecule has 1 saturated heterocycles. The van der Waals surface area contributed by atoms with Gasteiger partial charge >= 0.3 is 0 Å². The molecule has 0 amide bonds. The van der Waals surface area contributed by atoms with Crippen molar-refractivity contribution in [2.45, 2.75) is 38.3 Å². The van der Waals surface area contributed by atoms with Crippen LogP contribution in [-0.4, -0.2) is 56.4 Å². The standard InChI is InChI=1S/C14H26N2O2/c1-4-14(2,16-7-10-17-11-8-16)13(15-3)12-6-5-9-18-12/h6,13,15H,4-5,7-11H2,1-3H3. The first-order chi connectivity index (χ1) is 8.72. The number of ether oxygens (including phenoxy) is 2. The molecule has 104 valence electrons. The zero-order chi connectivity index (χ0) is 13.0. The normalized spacial score (nSPS) is 26.3. The van der Waals surface area contributed by atoms with Gasteiger partial charge in [0.2, 0.25) is 0 Å². The molecule has 18 heavy (non-hydrogen) atoms. The Morgan fingerprint density at radius 1 is 1.39 bits per heavy atom. The molecule has 0 bridgehead atoms. The summed E-state index contributed by atoms with van der Waals surface area (Å²) in [5.41, 5.74) is 0.0920. The van der Waals surface area contributed by atoms with E-state index < -0.39 is 0 Å². The van der Waals surface area contributed by atoms with Crippen molar-refractivity contribution in [3.8, 4) is 0 Å². The topological polar surface area (TPSA) is 33.7 Å². The molecule has 4 heteroatoms. The van der Waals surface area contributed by atoms with E-state index in [1.807, 2.05) is 7.05 Å². The molecule has 0 aromatic heterocycles. The summed E-state index contributed by atoms with van der Waals surface area (Å²) < 4.78 is 11.3. The number of rotatable bonds is 5. The lowest BCUT2D eigenvalue weighted by atomic mass is 9.85. The van der Waals surface area contributed by atoms with Crippen molar-refractivity contribution in [3.05, 3.63) is 11.8 Å². The monoisotopic (exact) mass is 254 g/mol. The predicted molar refractivity (Wildman–Crippen MR) is 72.6 cm³/mol. The summed E-state index contributed by atoms with van der Waals surface area (Å²) in [5, 5.41) is 3.46. The van der Waals surface area contributed by atoms with Crippen LogP contribution in [0.5, 0.6) is 0 Å². The highest BCUT2D eigenvalue weighted by Gasteiger charge is 2.41. The fourth-order valence-corrected chi connectivity index (χ4v) is 3.08. The molecule has 0 aromatic rings. The molecule has 1 fully saturated rings. The Morgan fingerprint density at radius 3 is 2.61 bits per heavy atom. The SMILES string of the molecule is CCC(C)(C(NC)C1=CCCO1)N1CCOCC1. The van der Waals surface area contributed by atoms with Gasteiger partial charge in [-0.15, -0.1) is 0 Å². The highest BCUT2D eigenvalue weighted by Crippen LogP contribution is 2.30. The molecular formula is C14H26N2O2. The Morgan fingerprint density at radius 2 is 2.11 bits per heavy atom. The van der Waals surface area contributed by atoms with E-state index in [1.165, 1.54) is 0 Å². The van der Waals surface area contributed by atoms with E-state index in [1.54, 1.807) is 0 Å². The number of hydrogen-bond acceptors (Lipinski definition) is 4. The smallest absolute Gasteiger partial charge is 0.111 e. The van der Waals surface area contributed by atoms with E-state index in [2.05, 4.69) is 30.1 Å². The van der Waals surface area contributed by atoms with Crippen LogP contribution in [0.4, 0.5) is 0 Å². The highest BCUT2D eigenvalue weighted by molar-refractivity contribution is 5.16. The summed E-state index contributed by atoms with van der Waals surface area (Å²) in [5.74, 6) is 1.12. The summed E-state index contributed by atoms with van der Waals surface area (Å²) in [6.45, 7) is 9.12. The molecule has 2 atom stereocenters. The van der Waals surface area contributed by atoms with Crippen LogP contribution in [-0.2, 0) is 9.47 Å². The molecule has 2 unspecified atom stereocenters.